The third-order valence-corrected chi connectivity index (χ3v) is 6.78. The van der Waals surface area contributed by atoms with Crippen LogP contribution in [0.2, 0.25) is 0 Å². The highest BCUT2D eigenvalue weighted by atomic mass is 14.9. The zero-order chi connectivity index (χ0) is 20.6. The normalized spacial score (nSPS) is 21.7. The molecule has 0 amide bonds. The largest absolute Gasteiger partial charge is 0.382 e. The number of rotatable bonds is 7. The van der Waals surface area contributed by atoms with Crippen molar-refractivity contribution in [2.75, 3.05) is 5.32 Å². The second-order valence-electron chi connectivity index (χ2n) is 8.93. The van der Waals surface area contributed by atoms with Gasteiger partial charge in [-0.2, -0.15) is 0 Å². The minimum atomic E-state index is 0.540. The first kappa shape index (κ1) is 20.7. The Morgan fingerprint density at radius 1 is 0.733 bits per heavy atom. The van der Waals surface area contributed by atoms with E-state index in [9.17, 15) is 0 Å². The Morgan fingerprint density at radius 3 is 2.07 bits per heavy atom. The van der Waals surface area contributed by atoms with E-state index in [0.717, 1.165) is 18.8 Å². The Morgan fingerprint density at radius 2 is 1.37 bits per heavy atom. The molecule has 0 spiro atoms. The number of hydrogen-bond acceptors (Lipinski definition) is 1. The summed E-state index contributed by atoms with van der Waals surface area (Å²) in [6, 6.07) is 31.6. The van der Waals surface area contributed by atoms with Crippen molar-refractivity contribution in [3.05, 3.63) is 102 Å². The van der Waals surface area contributed by atoms with E-state index in [4.69, 9.17) is 0 Å². The summed E-state index contributed by atoms with van der Waals surface area (Å²) < 4.78 is 0. The minimum absolute atomic E-state index is 0.540. The SMILES string of the molecule is CCc1ccccc1NC1CCCC(Cc2ccccc2)CC1Cc1ccccc1. The van der Waals surface area contributed by atoms with Gasteiger partial charge in [0.25, 0.3) is 0 Å². The van der Waals surface area contributed by atoms with Gasteiger partial charge in [-0.25, -0.2) is 0 Å². The van der Waals surface area contributed by atoms with Crippen LogP contribution in [0.5, 0.6) is 0 Å². The fourth-order valence-electron chi connectivity index (χ4n) is 5.21. The van der Waals surface area contributed by atoms with Crippen molar-refractivity contribution in [1.82, 2.24) is 0 Å². The van der Waals surface area contributed by atoms with Crippen molar-refractivity contribution >= 4 is 5.69 Å². The highest BCUT2D eigenvalue weighted by molar-refractivity contribution is 5.52. The molecule has 1 fully saturated rings. The van der Waals surface area contributed by atoms with E-state index in [2.05, 4.69) is 97.2 Å². The van der Waals surface area contributed by atoms with Crippen LogP contribution in [-0.2, 0) is 19.3 Å². The molecule has 0 aromatic heterocycles. The molecule has 3 aromatic rings. The molecule has 30 heavy (non-hydrogen) atoms. The van der Waals surface area contributed by atoms with Crippen molar-refractivity contribution in [3.8, 4) is 0 Å². The van der Waals surface area contributed by atoms with E-state index in [0.29, 0.717) is 12.0 Å². The van der Waals surface area contributed by atoms with Crippen LogP contribution in [-0.4, -0.2) is 6.04 Å². The van der Waals surface area contributed by atoms with Gasteiger partial charge in [0.05, 0.1) is 0 Å². The average Bonchev–Trinajstić information content (AvgIpc) is 2.97. The molecule has 3 atom stereocenters. The lowest BCUT2D eigenvalue weighted by Crippen LogP contribution is -2.31. The molecule has 0 heterocycles. The molecule has 1 aliphatic carbocycles. The quantitative estimate of drug-likeness (QED) is 0.412. The molecule has 1 nitrogen and oxygen atoms in total. The van der Waals surface area contributed by atoms with E-state index in [1.807, 2.05) is 0 Å². The van der Waals surface area contributed by atoms with Crippen molar-refractivity contribution in [3.63, 3.8) is 0 Å². The maximum absolute atomic E-state index is 4.00. The number of aryl methyl sites for hydroxylation is 1. The van der Waals surface area contributed by atoms with Gasteiger partial charge < -0.3 is 5.32 Å². The van der Waals surface area contributed by atoms with Crippen molar-refractivity contribution in [1.29, 1.82) is 0 Å². The topological polar surface area (TPSA) is 12.0 Å². The molecule has 3 aromatic carbocycles. The minimum Gasteiger partial charge on any atom is -0.382 e. The highest BCUT2D eigenvalue weighted by Gasteiger charge is 2.29. The molecule has 0 bridgehead atoms. The van der Waals surface area contributed by atoms with E-state index >= 15 is 0 Å². The lowest BCUT2D eigenvalue weighted by atomic mass is 9.83. The third kappa shape index (κ3) is 5.53. The van der Waals surface area contributed by atoms with Gasteiger partial charge in [-0.15, -0.1) is 0 Å². The molecule has 0 saturated heterocycles. The summed E-state index contributed by atoms with van der Waals surface area (Å²) in [6.07, 6.45) is 8.68. The molecule has 0 radical (unpaired) electrons. The number of anilines is 1. The summed E-state index contributed by atoms with van der Waals surface area (Å²) in [5, 5.41) is 4.00. The van der Waals surface area contributed by atoms with Gasteiger partial charge in [-0.1, -0.05) is 98.6 Å². The molecular weight excluding hydrogens is 362 g/mol. The Balaban J connectivity index is 1.54. The molecule has 1 aliphatic rings. The second kappa shape index (κ2) is 10.5. The van der Waals surface area contributed by atoms with E-state index < -0.39 is 0 Å². The predicted molar refractivity (Wildman–Crippen MR) is 129 cm³/mol. The summed E-state index contributed by atoms with van der Waals surface area (Å²) >= 11 is 0. The van der Waals surface area contributed by atoms with Crippen LogP contribution in [0.3, 0.4) is 0 Å². The van der Waals surface area contributed by atoms with Crippen LogP contribution >= 0.6 is 0 Å². The maximum atomic E-state index is 4.00. The summed E-state index contributed by atoms with van der Waals surface area (Å²) in [6.45, 7) is 2.25. The lowest BCUT2D eigenvalue weighted by Gasteiger charge is -2.30. The van der Waals surface area contributed by atoms with Crippen LogP contribution in [0, 0.1) is 11.8 Å². The maximum Gasteiger partial charge on any atom is 0.0374 e. The van der Waals surface area contributed by atoms with Crippen LogP contribution in [0.25, 0.3) is 0 Å². The second-order valence-corrected chi connectivity index (χ2v) is 8.93. The summed E-state index contributed by atoms with van der Waals surface area (Å²) in [7, 11) is 0. The van der Waals surface area contributed by atoms with Gasteiger partial charge in [-0.3, -0.25) is 0 Å². The zero-order valence-corrected chi connectivity index (χ0v) is 18.3. The van der Waals surface area contributed by atoms with Gasteiger partial charge in [0.15, 0.2) is 0 Å². The fourth-order valence-corrected chi connectivity index (χ4v) is 5.21. The molecule has 1 heteroatoms. The molecule has 3 unspecified atom stereocenters. The standard InChI is InChI=1S/C29H35N/c1-2-26-17-9-10-18-28(26)30-29-19-11-16-25(20-23-12-5-3-6-13-23)22-27(29)21-24-14-7-4-8-15-24/h3-10,12-15,17-18,25,27,29-30H,2,11,16,19-22H2,1H3. The van der Waals surface area contributed by atoms with Crippen LogP contribution in [0.15, 0.2) is 84.9 Å². The van der Waals surface area contributed by atoms with Gasteiger partial charge in [0.1, 0.15) is 0 Å². The van der Waals surface area contributed by atoms with Gasteiger partial charge in [-0.05, 0) is 66.7 Å². The first-order chi connectivity index (χ1) is 14.8. The number of para-hydroxylation sites is 1. The smallest absolute Gasteiger partial charge is 0.0374 e. The molecule has 1 saturated carbocycles. The Hall–Kier alpha value is -2.54. The zero-order valence-electron chi connectivity index (χ0n) is 18.3. The molecule has 156 valence electrons. The number of hydrogen-bond donors (Lipinski definition) is 1. The van der Waals surface area contributed by atoms with Gasteiger partial charge in [0, 0.05) is 11.7 Å². The third-order valence-electron chi connectivity index (χ3n) is 6.78. The van der Waals surface area contributed by atoms with E-state index in [1.54, 1.807) is 0 Å². The van der Waals surface area contributed by atoms with E-state index in [1.165, 1.54) is 54.5 Å². The lowest BCUT2D eigenvalue weighted by molar-refractivity contribution is 0.353. The monoisotopic (exact) mass is 397 g/mol. The highest BCUT2D eigenvalue weighted by Crippen LogP contribution is 2.34. The predicted octanol–water partition coefficient (Wildman–Crippen LogP) is 7.32. The van der Waals surface area contributed by atoms with E-state index in [-0.39, 0.29) is 0 Å². The van der Waals surface area contributed by atoms with Crippen LogP contribution in [0.4, 0.5) is 5.69 Å². The number of benzene rings is 3. The first-order valence-corrected chi connectivity index (χ1v) is 11.7. The van der Waals surface area contributed by atoms with Crippen LogP contribution < -0.4 is 5.32 Å². The molecule has 1 N–H and O–H groups in total. The Bertz CT molecular complexity index is 887. The molecular formula is C29H35N. The molecule has 4 rings (SSSR count). The van der Waals surface area contributed by atoms with Crippen LogP contribution in [0.1, 0.15) is 49.3 Å². The van der Waals surface area contributed by atoms with Gasteiger partial charge in [0.2, 0.25) is 0 Å². The van der Waals surface area contributed by atoms with Crippen molar-refractivity contribution in [2.24, 2.45) is 11.8 Å². The summed E-state index contributed by atoms with van der Waals surface area (Å²) in [4.78, 5) is 0. The average molecular weight is 398 g/mol. The van der Waals surface area contributed by atoms with Crippen molar-refractivity contribution < 1.29 is 0 Å². The van der Waals surface area contributed by atoms with Gasteiger partial charge >= 0.3 is 0 Å². The Labute approximate surface area is 182 Å². The van der Waals surface area contributed by atoms with Crippen molar-refractivity contribution in [2.45, 2.75) is 57.9 Å². The fraction of sp³-hybridized carbons (Fsp3) is 0.379. The molecule has 0 aliphatic heterocycles. The number of nitrogens with one attached hydrogen (secondary N) is 1. The summed E-state index contributed by atoms with van der Waals surface area (Å²) in [5.41, 5.74) is 5.73. The summed E-state index contributed by atoms with van der Waals surface area (Å²) in [5.74, 6) is 1.43. The Kier molecular flexibility index (Phi) is 7.24. The first-order valence-electron chi connectivity index (χ1n) is 11.7.